The van der Waals surface area contributed by atoms with Gasteiger partial charge in [0, 0.05) is 10.3 Å². The summed E-state index contributed by atoms with van der Waals surface area (Å²) in [5.74, 6) is 5.44. The maximum atomic E-state index is 13.8. The van der Waals surface area contributed by atoms with Crippen molar-refractivity contribution in [2.24, 2.45) is 5.84 Å². The smallest absolute Gasteiger partial charge is 0.131 e. The molecule has 1 heterocycles. The molecule has 5 heteroatoms. The Balaban J connectivity index is 2.41. The SMILES string of the molecule is CC1(C(NN)c2c(F)cccc2F)CCCS1. The van der Waals surface area contributed by atoms with Gasteiger partial charge >= 0.3 is 0 Å². The van der Waals surface area contributed by atoms with E-state index in [0.29, 0.717) is 0 Å². The number of halogens is 2. The standard InChI is InChI=1S/C12H16F2N2S/c1-12(6-3-7-17-12)11(16-15)10-8(13)4-2-5-9(10)14/h2,4-5,11,16H,3,6-7,15H2,1H3. The van der Waals surface area contributed by atoms with Crippen LogP contribution in [0.1, 0.15) is 31.4 Å². The van der Waals surface area contributed by atoms with Gasteiger partial charge < -0.3 is 0 Å². The van der Waals surface area contributed by atoms with Crippen LogP contribution in [-0.2, 0) is 0 Å². The van der Waals surface area contributed by atoms with Crippen molar-refractivity contribution in [2.75, 3.05) is 5.75 Å². The molecule has 0 bridgehead atoms. The first-order chi connectivity index (χ1) is 8.08. The van der Waals surface area contributed by atoms with Gasteiger partial charge in [0.2, 0.25) is 0 Å². The summed E-state index contributed by atoms with van der Waals surface area (Å²) >= 11 is 1.71. The van der Waals surface area contributed by atoms with E-state index < -0.39 is 17.7 Å². The monoisotopic (exact) mass is 258 g/mol. The average Bonchev–Trinajstić information content (AvgIpc) is 2.71. The van der Waals surface area contributed by atoms with E-state index in [1.54, 1.807) is 11.8 Å². The molecule has 2 atom stereocenters. The first-order valence-electron chi connectivity index (χ1n) is 5.62. The number of benzene rings is 1. The highest BCUT2D eigenvalue weighted by Gasteiger charge is 2.40. The fraction of sp³-hybridized carbons (Fsp3) is 0.500. The topological polar surface area (TPSA) is 38.0 Å². The lowest BCUT2D eigenvalue weighted by molar-refractivity contribution is 0.389. The molecule has 1 aliphatic heterocycles. The Morgan fingerprint density at radius 1 is 1.41 bits per heavy atom. The zero-order chi connectivity index (χ0) is 12.5. The van der Waals surface area contributed by atoms with Gasteiger partial charge in [0.05, 0.1) is 6.04 Å². The minimum Gasteiger partial charge on any atom is -0.271 e. The molecule has 1 fully saturated rings. The molecular weight excluding hydrogens is 242 g/mol. The van der Waals surface area contributed by atoms with Gasteiger partial charge in [-0.3, -0.25) is 11.3 Å². The molecule has 0 amide bonds. The highest BCUT2D eigenvalue weighted by atomic mass is 32.2. The molecule has 17 heavy (non-hydrogen) atoms. The number of hydrogen-bond donors (Lipinski definition) is 2. The summed E-state index contributed by atoms with van der Waals surface area (Å²) in [5, 5.41) is 0. The van der Waals surface area contributed by atoms with Crippen molar-refractivity contribution < 1.29 is 8.78 Å². The minimum atomic E-state index is -0.540. The Labute approximate surface area is 104 Å². The minimum absolute atomic E-state index is 0.0481. The van der Waals surface area contributed by atoms with Crippen LogP contribution in [0.2, 0.25) is 0 Å². The van der Waals surface area contributed by atoms with Crippen molar-refractivity contribution in [1.29, 1.82) is 0 Å². The van der Waals surface area contributed by atoms with E-state index in [1.165, 1.54) is 18.2 Å². The molecular formula is C12H16F2N2S. The first-order valence-corrected chi connectivity index (χ1v) is 6.61. The first kappa shape index (κ1) is 12.8. The summed E-state index contributed by atoms with van der Waals surface area (Å²) in [7, 11) is 0. The van der Waals surface area contributed by atoms with Gasteiger partial charge in [0.25, 0.3) is 0 Å². The molecule has 2 rings (SSSR count). The van der Waals surface area contributed by atoms with E-state index in [-0.39, 0.29) is 10.3 Å². The van der Waals surface area contributed by atoms with Crippen molar-refractivity contribution in [3.63, 3.8) is 0 Å². The number of hydrogen-bond acceptors (Lipinski definition) is 3. The third kappa shape index (κ3) is 2.32. The molecule has 0 aliphatic carbocycles. The summed E-state index contributed by atoms with van der Waals surface area (Å²) in [6.07, 6.45) is 1.95. The van der Waals surface area contributed by atoms with Crippen LogP contribution in [0.25, 0.3) is 0 Å². The lowest BCUT2D eigenvalue weighted by atomic mass is 9.90. The Bertz CT molecular complexity index is 385. The average molecular weight is 258 g/mol. The molecule has 3 N–H and O–H groups in total. The molecule has 2 unspecified atom stereocenters. The summed E-state index contributed by atoms with van der Waals surface area (Å²) in [5.41, 5.74) is 2.63. The number of nitrogens with two attached hydrogens (primary N) is 1. The highest BCUT2D eigenvalue weighted by molar-refractivity contribution is 8.00. The molecule has 1 aromatic rings. The van der Waals surface area contributed by atoms with Crippen molar-refractivity contribution in [2.45, 2.75) is 30.6 Å². The summed E-state index contributed by atoms with van der Waals surface area (Å²) in [6, 6.07) is 3.40. The largest absolute Gasteiger partial charge is 0.271 e. The molecule has 94 valence electrons. The van der Waals surface area contributed by atoms with Crippen LogP contribution in [0.5, 0.6) is 0 Å². The second-order valence-corrected chi connectivity index (χ2v) is 6.13. The van der Waals surface area contributed by atoms with Crippen LogP contribution in [0.4, 0.5) is 8.78 Å². The Hall–Kier alpha value is -0.650. The molecule has 1 aliphatic rings. The molecule has 0 saturated carbocycles. The Morgan fingerprint density at radius 3 is 2.53 bits per heavy atom. The third-order valence-corrected chi connectivity index (χ3v) is 4.91. The normalized spacial score (nSPS) is 26.1. The molecule has 1 aromatic carbocycles. The predicted molar refractivity (Wildman–Crippen MR) is 66.5 cm³/mol. The van der Waals surface area contributed by atoms with Crippen molar-refractivity contribution >= 4 is 11.8 Å². The molecule has 2 nitrogen and oxygen atoms in total. The maximum absolute atomic E-state index is 13.8. The maximum Gasteiger partial charge on any atom is 0.131 e. The summed E-state index contributed by atoms with van der Waals surface area (Å²) in [4.78, 5) is 0. The van der Waals surface area contributed by atoms with Crippen LogP contribution in [-0.4, -0.2) is 10.5 Å². The number of rotatable bonds is 3. The second kappa shape index (κ2) is 4.92. The van der Waals surface area contributed by atoms with E-state index >= 15 is 0 Å². The Kier molecular flexibility index (Phi) is 3.70. The third-order valence-electron chi connectivity index (χ3n) is 3.32. The van der Waals surface area contributed by atoms with E-state index in [2.05, 4.69) is 5.43 Å². The second-order valence-electron chi connectivity index (χ2n) is 4.50. The molecule has 1 saturated heterocycles. The van der Waals surface area contributed by atoms with Gasteiger partial charge in [0.1, 0.15) is 11.6 Å². The van der Waals surface area contributed by atoms with Crippen LogP contribution in [0.3, 0.4) is 0 Å². The summed E-state index contributed by atoms with van der Waals surface area (Å²) < 4.78 is 27.3. The highest BCUT2D eigenvalue weighted by Crippen LogP contribution is 2.47. The lowest BCUT2D eigenvalue weighted by Gasteiger charge is -2.33. The fourth-order valence-corrected chi connectivity index (χ4v) is 3.78. The van der Waals surface area contributed by atoms with Gasteiger partial charge in [-0.15, -0.1) is 0 Å². The van der Waals surface area contributed by atoms with Crippen LogP contribution in [0, 0.1) is 11.6 Å². The fourth-order valence-electron chi connectivity index (χ4n) is 2.38. The lowest BCUT2D eigenvalue weighted by Crippen LogP contribution is -2.42. The van der Waals surface area contributed by atoms with Crippen LogP contribution >= 0.6 is 11.8 Å². The molecule has 0 aromatic heterocycles. The quantitative estimate of drug-likeness (QED) is 0.646. The Morgan fingerprint density at radius 2 is 2.06 bits per heavy atom. The number of hydrazine groups is 1. The van der Waals surface area contributed by atoms with Gasteiger partial charge in [0.15, 0.2) is 0 Å². The van der Waals surface area contributed by atoms with Gasteiger partial charge in [-0.05, 0) is 37.7 Å². The van der Waals surface area contributed by atoms with Crippen molar-refractivity contribution in [3.05, 3.63) is 35.4 Å². The van der Waals surface area contributed by atoms with Crippen molar-refractivity contribution in [1.82, 2.24) is 5.43 Å². The van der Waals surface area contributed by atoms with Crippen LogP contribution in [0.15, 0.2) is 18.2 Å². The van der Waals surface area contributed by atoms with Gasteiger partial charge in [-0.2, -0.15) is 11.8 Å². The van der Waals surface area contributed by atoms with E-state index in [1.807, 2.05) is 6.92 Å². The van der Waals surface area contributed by atoms with E-state index in [0.717, 1.165) is 18.6 Å². The van der Waals surface area contributed by atoms with Crippen molar-refractivity contribution in [3.8, 4) is 0 Å². The molecule has 0 radical (unpaired) electrons. The number of nitrogens with one attached hydrogen (secondary N) is 1. The van der Waals surface area contributed by atoms with E-state index in [9.17, 15) is 8.78 Å². The van der Waals surface area contributed by atoms with E-state index in [4.69, 9.17) is 5.84 Å². The zero-order valence-corrected chi connectivity index (χ0v) is 10.5. The molecule has 0 spiro atoms. The number of thioether (sulfide) groups is 1. The zero-order valence-electron chi connectivity index (χ0n) is 9.67. The van der Waals surface area contributed by atoms with Gasteiger partial charge in [-0.25, -0.2) is 8.78 Å². The van der Waals surface area contributed by atoms with Gasteiger partial charge in [-0.1, -0.05) is 6.07 Å². The summed E-state index contributed by atoms with van der Waals surface area (Å²) in [6.45, 7) is 2.00. The van der Waals surface area contributed by atoms with Crippen LogP contribution < -0.4 is 11.3 Å². The predicted octanol–water partition coefficient (Wildman–Crippen LogP) is 2.75.